The van der Waals surface area contributed by atoms with Crippen molar-refractivity contribution in [3.8, 4) is 0 Å². The molecule has 1 saturated carbocycles. The zero-order valence-corrected chi connectivity index (χ0v) is 8.64. The second-order valence-corrected chi connectivity index (χ2v) is 4.78. The van der Waals surface area contributed by atoms with E-state index in [9.17, 15) is 0 Å². The van der Waals surface area contributed by atoms with Gasteiger partial charge in [-0.25, -0.2) is 0 Å². The number of hydrogen-bond donors (Lipinski definition) is 2. The number of rotatable bonds is 2. The molecule has 0 amide bonds. The van der Waals surface area contributed by atoms with E-state index in [4.69, 9.17) is 0 Å². The smallest absolute Gasteiger partial charge is 0.0522 e. The van der Waals surface area contributed by atoms with Gasteiger partial charge in [0.2, 0.25) is 0 Å². The normalized spacial score (nSPS) is 27.6. The van der Waals surface area contributed by atoms with Crippen molar-refractivity contribution in [2.75, 3.05) is 13.6 Å². The van der Waals surface area contributed by atoms with Crippen LogP contribution in [0.4, 0.5) is 0 Å². The summed E-state index contributed by atoms with van der Waals surface area (Å²) >= 11 is 0. The third-order valence-corrected chi connectivity index (χ3v) is 4.03. The number of aromatic nitrogens is 2. The first-order chi connectivity index (χ1) is 6.86. The van der Waals surface area contributed by atoms with E-state index in [0.717, 1.165) is 6.54 Å². The van der Waals surface area contributed by atoms with Gasteiger partial charge in [0.25, 0.3) is 0 Å². The molecule has 1 heterocycles. The number of hydrogen-bond acceptors (Lipinski definition) is 2. The van der Waals surface area contributed by atoms with Gasteiger partial charge in [-0.1, -0.05) is 0 Å². The maximum absolute atomic E-state index is 4.18. The summed E-state index contributed by atoms with van der Waals surface area (Å²) in [5.74, 6) is 0.679. The van der Waals surface area contributed by atoms with Gasteiger partial charge < -0.3 is 5.32 Å². The molecule has 3 nitrogen and oxygen atoms in total. The Morgan fingerprint density at radius 3 is 3.14 bits per heavy atom. The topological polar surface area (TPSA) is 40.7 Å². The molecule has 1 unspecified atom stereocenters. The maximum atomic E-state index is 4.18. The van der Waals surface area contributed by atoms with E-state index in [2.05, 4.69) is 15.5 Å². The summed E-state index contributed by atoms with van der Waals surface area (Å²) in [6, 6.07) is 0. The molecule has 76 valence electrons. The Balaban J connectivity index is 1.97. The van der Waals surface area contributed by atoms with Crippen molar-refractivity contribution in [3.05, 3.63) is 17.5 Å². The molecular formula is C11H17N3. The Morgan fingerprint density at radius 2 is 2.43 bits per heavy atom. The molecule has 0 aliphatic heterocycles. The Kier molecular flexibility index (Phi) is 1.71. The second kappa shape index (κ2) is 2.83. The van der Waals surface area contributed by atoms with Crippen LogP contribution in [-0.2, 0) is 6.42 Å². The van der Waals surface area contributed by atoms with Crippen LogP contribution in [0.25, 0.3) is 0 Å². The van der Waals surface area contributed by atoms with Crippen molar-refractivity contribution in [2.24, 2.45) is 5.41 Å². The second-order valence-electron chi connectivity index (χ2n) is 4.78. The van der Waals surface area contributed by atoms with E-state index in [1.54, 1.807) is 0 Å². The lowest BCUT2D eigenvalue weighted by Crippen LogP contribution is -2.29. The minimum Gasteiger partial charge on any atom is -0.319 e. The molecule has 2 N–H and O–H groups in total. The van der Waals surface area contributed by atoms with E-state index in [-0.39, 0.29) is 0 Å². The molecule has 1 aromatic heterocycles. The monoisotopic (exact) mass is 191 g/mol. The molecule has 14 heavy (non-hydrogen) atoms. The average Bonchev–Trinajstić information content (AvgIpc) is 2.79. The predicted octanol–water partition coefficient (Wildman–Crippen LogP) is 1.44. The molecular weight excluding hydrogens is 174 g/mol. The first-order valence-electron chi connectivity index (χ1n) is 5.52. The van der Waals surface area contributed by atoms with Gasteiger partial charge >= 0.3 is 0 Å². The fourth-order valence-electron chi connectivity index (χ4n) is 2.97. The maximum Gasteiger partial charge on any atom is 0.0522 e. The number of nitrogens with zero attached hydrogens (tertiary/aromatic N) is 1. The first-order valence-corrected chi connectivity index (χ1v) is 5.52. The van der Waals surface area contributed by atoms with E-state index in [0.29, 0.717) is 11.3 Å². The van der Waals surface area contributed by atoms with E-state index in [1.165, 1.54) is 36.9 Å². The lowest BCUT2D eigenvalue weighted by molar-refractivity contribution is 0.334. The third kappa shape index (κ3) is 1.05. The largest absolute Gasteiger partial charge is 0.319 e. The van der Waals surface area contributed by atoms with Crippen LogP contribution in [0.3, 0.4) is 0 Å². The molecule has 0 saturated heterocycles. The fourth-order valence-corrected chi connectivity index (χ4v) is 2.97. The highest BCUT2D eigenvalue weighted by Gasteiger charge is 2.52. The van der Waals surface area contributed by atoms with Crippen molar-refractivity contribution < 1.29 is 0 Å². The molecule has 1 spiro atoms. The van der Waals surface area contributed by atoms with Gasteiger partial charge in [0.1, 0.15) is 0 Å². The summed E-state index contributed by atoms with van der Waals surface area (Å²) in [5, 5.41) is 10.7. The standard InChI is InChI=1S/C11H17N3/c1-12-7-9-10-8(6-13-14-10)2-3-11(9)4-5-11/h6,9,12H,2-5,7H2,1H3,(H,13,14). The lowest BCUT2D eigenvalue weighted by Gasteiger charge is -2.31. The molecule has 1 aromatic rings. The predicted molar refractivity (Wildman–Crippen MR) is 55.2 cm³/mol. The zero-order valence-electron chi connectivity index (χ0n) is 8.64. The van der Waals surface area contributed by atoms with Crippen molar-refractivity contribution in [3.63, 3.8) is 0 Å². The quantitative estimate of drug-likeness (QED) is 0.742. The van der Waals surface area contributed by atoms with Crippen LogP contribution in [0.5, 0.6) is 0 Å². The van der Waals surface area contributed by atoms with Crippen LogP contribution in [0.2, 0.25) is 0 Å². The van der Waals surface area contributed by atoms with Gasteiger partial charge in [-0.2, -0.15) is 5.10 Å². The zero-order chi connectivity index (χ0) is 9.60. The molecule has 3 rings (SSSR count). The van der Waals surface area contributed by atoms with Gasteiger partial charge in [0.05, 0.1) is 6.20 Å². The highest BCUT2D eigenvalue weighted by molar-refractivity contribution is 5.30. The third-order valence-electron chi connectivity index (χ3n) is 4.03. The molecule has 0 radical (unpaired) electrons. The van der Waals surface area contributed by atoms with E-state index in [1.807, 2.05) is 13.2 Å². The van der Waals surface area contributed by atoms with Crippen LogP contribution in [0.15, 0.2) is 6.20 Å². The molecule has 0 bridgehead atoms. The van der Waals surface area contributed by atoms with Gasteiger partial charge in [-0.3, -0.25) is 5.10 Å². The summed E-state index contributed by atoms with van der Waals surface area (Å²) in [6.07, 6.45) is 7.43. The van der Waals surface area contributed by atoms with Crippen molar-refractivity contribution in [1.82, 2.24) is 15.5 Å². The fraction of sp³-hybridized carbons (Fsp3) is 0.727. The summed E-state index contributed by atoms with van der Waals surface area (Å²) in [6.45, 7) is 1.09. The Hall–Kier alpha value is -0.830. The molecule has 0 aromatic carbocycles. The number of H-pyrrole nitrogens is 1. The van der Waals surface area contributed by atoms with Crippen LogP contribution in [-0.4, -0.2) is 23.8 Å². The molecule has 2 aliphatic carbocycles. The van der Waals surface area contributed by atoms with Crippen LogP contribution in [0, 0.1) is 5.41 Å². The van der Waals surface area contributed by atoms with Crippen molar-refractivity contribution in [1.29, 1.82) is 0 Å². The summed E-state index contributed by atoms with van der Waals surface area (Å²) in [4.78, 5) is 0. The van der Waals surface area contributed by atoms with Crippen LogP contribution in [0.1, 0.15) is 36.4 Å². The number of aryl methyl sites for hydroxylation is 1. The van der Waals surface area contributed by atoms with Crippen molar-refractivity contribution in [2.45, 2.75) is 31.6 Å². The minimum atomic E-state index is 0.628. The van der Waals surface area contributed by atoms with Crippen LogP contribution < -0.4 is 5.32 Å². The van der Waals surface area contributed by atoms with Gasteiger partial charge in [-0.05, 0) is 43.7 Å². The Labute approximate surface area is 84.3 Å². The Bertz CT molecular complexity index is 338. The van der Waals surface area contributed by atoms with E-state index < -0.39 is 0 Å². The minimum absolute atomic E-state index is 0.628. The number of fused-ring (bicyclic) bond motifs is 1. The summed E-state index contributed by atoms with van der Waals surface area (Å²) in [5.41, 5.74) is 3.48. The molecule has 1 atom stereocenters. The average molecular weight is 191 g/mol. The van der Waals surface area contributed by atoms with Crippen molar-refractivity contribution >= 4 is 0 Å². The number of aromatic amines is 1. The Morgan fingerprint density at radius 1 is 1.57 bits per heavy atom. The number of nitrogens with one attached hydrogen (secondary N) is 2. The SMILES string of the molecule is CNCC1c2[nH]ncc2CCC12CC2. The summed E-state index contributed by atoms with van der Waals surface area (Å²) < 4.78 is 0. The van der Waals surface area contributed by atoms with Gasteiger partial charge in [0.15, 0.2) is 0 Å². The van der Waals surface area contributed by atoms with E-state index >= 15 is 0 Å². The first kappa shape index (κ1) is 8.48. The number of likely N-dealkylation sites (N-methyl/N-ethyl adjacent to an activating group) is 1. The van der Waals surface area contributed by atoms with Crippen LogP contribution >= 0.6 is 0 Å². The molecule has 2 aliphatic rings. The summed E-state index contributed by atoms with van der Waals surface area (Å²) in [7, 11) is 2.04. The highest BCUT2D eigenvalue weighted by atomic mass is 15.1. The molecule has 1 fully saturated rings. The molecule has 3 heteroatoms. The lowest BCUT2D eigenvalue weighted by atomic mass is 9.76. The highest BCUT2D eigenvalue weighted by Crippen LogP contribution is 2.61. The van der Waals surface area contributed by atoms with Gasteiger partial charge in [-0.15, -0.1) is 0 Å². The van der Waals surface area contributed by atoms with Gasteiger partial charge in [0, 0.05) is 18.2 Å².